The van der Waals surface area contributed by atoms with Gasteiger partial charge < -0.3 is 10.4 Å². The molecule has 0 fully saturated rings. The summed E-state index contributed by atoms with van der Waals surface area (Å²) in [5, 5.41) is 15.4. The first kappa shape index (κ1) is 16.2. The second-order valence-corrected chi connectivity index (χ2v) is 7.78. The molecule has 3 heteroatoms. The third-order valence-corrected chi connectivity index (χ3v) is 4.81. The van der Waals surface area contributed by atoms with E-state index in [0.29, 0.717) is 0 Å². The van der Waals surface area contributed by atoms with Crippen molar-refractivity contribution in [3.05, 3.63) is 57.8 Å². The molecule has 0 saturated heterocycles. The van der Waals surface area contributed by atoms with Gasteiger partial charge in [0.05, 0.1) is 12.1 Å². The average Bonchev–Trinajstić information content (AvgIpc) is 2.97. The van der Waals surface area contributed by atoms with Gasteiger partial charge in [-0.1, -0.05) is 51.1 Å². The fourth-order valence-corrected chi connectivity index (χ4v) is 2.93. The van der Waals surface area contributed by atoms with E-state index in [1.54, 1.807) is 11.3 Å². The highest BCUT2D eigenvalue weighted by Gasteiger charge is 2.25. The van der Waals surface area contributed by atoms with Gasteiger partial charge in [0.25, 0.3) is 0 Å². The summed E-state index contributed by atoms with van der Waals surface area (Å²) in [5.74, 6) is 0. The minimum atomic E-state index is -0.416. The highest BCUT2D eigenvalue weighted by molar-refractivity contribution is 7.09. The molecule has 0 aliphatic heterocycles. The van der Waals surface area contributed by atoms with Crippen LogP contribution in [0.4, 0.5) is 0 Å². The molecule has 1 heterocycles. The van der Waals surface area contributed by atoms with Crippen LogP contribution in [0.25, 0.3) is 0 Å². The normalized spacial score (nSPS) is 14.9. The van der Waals surface area contributed by atoms with Gasteiger partial charge in [-0.2, -0.15) is 0 Å². The zero-order valence-electron chi connectivity index (χ0n) is 13.3. The van der Waals surface area contributed by atoms with Crippen LogP contribution in [0.2, 0.25) is 0 Å². The molecule has 1 aromatic carbocycles. The summed E-state index contributed by atoms with van der Waals surface area (Å²) in [6.07, 6.45) is 0. The van der Waals surface area contributed by atoms with E-state index < -0.39 is 5.54 Å². The Morgan fingerprint density at radius 2 is 1.62 bits per heavy atom. The van der Waals surface area contributed by atoms with E-state index in [1.165, 1.54) is 10.4 Å². The maximum atomic E-state index is 9.84. The second kappa shape index (κ2) is 6.30. The van der Waals surface area contributed by atoms with Crippen LogP contribution in [0.15, 0.2) is 41.8 Å². The van der Waals surface area contributed by atoms with Crippen LogP contribution in [0.5, 0.6) is 0 Å². The molecule has 0 radical (unpaired) electrons. The lowest BCUT2D eigenvalue weighted by Crippen LogP contribution is -2.42. The molecule has 2 nitrogen and oxygen atoms in total. The Labute approximate surface area is 131 Å². The predicted molar refractivity (Wildman–Crippen MR) is 90.7 cm³/mol. The Morgan fingerprint density at radius 3 is 2.10 bits per heavy atom. The van der Waals surface area contributed by atoms with Gasteiger partial charge in [0.2, 0.25) is 0 Å². The van der Waals surface area contributed by atoms with Gasteiger partial charge in [-0.15, -0.1) is 11.3 Å². The predicted octanol–water partition coefficient (Wildman–Crippen LogP) is 4.04. The van der Waals surface area contributed by atoms with Gasteiger partial charge in [0, 0.05) is 11.4 Å². The van der Waals surface area contributed by atoms with Crippen molar-refractivity contribution in [3.8, 4) is 0 Å². The van der Waals surface area contributed by atoms with E-state index >= 15 is 0 Å². The molecule has 2 N–H and O–H groups in total. The molecule has 0 bridgehead atoms. The first-order valence-corrected chi connectivity index (χ1v) is 8.22. The van der Waals surface area contributed by atoms with Crippen LogP contribution in [0, 0.1) is 0 Å². The molecule has 114 valence electrons. The molecule has 1 unspecified atom stereocenters. The van der Waals surface area contributed by atoms with E-state index in [4.69, 9.17) is 0 Å². The Bertz CT molecular complexity index is 554. The molecule has 0 amide bonds. The van der Waals surface area contributed by atoms with Gasteiger partial charge in [0.15, 0.2) is 0 Å². The van der Waals surface area contributed by atoms with Crippen LogP contribution in [0.1, 0.15) is 43.7 Å². The lowest BCUT2D eigenvalue weighted by atomic mass is 9.84. The van der Waals surface area contributed by atoms with Crippen LogP contribution < -0.4 is 5.32 Å². The monoisotopic (exact) mass is 303 g/mol. The van der Waals surface area contributed by atoms with Crippen molar-refractivity contribution in [1.29, 1.82) is 0 Å². The average molecular weight is 303 g/mol. The van der Waals surface area contributed by atoms with Crippen LogP contribution in [-0.2, 0) is 17.5 Å². The van der Waals surface area contributed by atoms with Crippen LogP contribution >= 0.6 is 11.3 Å². The van der Waals surface area contributed by atoms with E-state index in [9.17, 15) is 5.11 Å². The molecule has 0 aliphatic rings. The molecular formula is C18H25NOS. The molecule has 0 aliphatic carbocycles. The second-order valence-electron chi connectivity index (χ2n) is 6.75. The fraction of sp³-hybridized carbons (Fsp3) is 0.444. The highest BCUT2D eigenvalue weighted by atomic mass is 32.1. The molecule has 1 aromatic heterocycles. The smallest absolute Gasteiger partial charge is 0.0652 e. The standard InChI is InChI=1S/C18H25NOS/c1-17(2,3)14-7-9-15(10-8-14)18(4,13-20)19-12-16-6-5-11-21-16/h5-11,19-20H,12-13H2,1-4H3. The Kier molecular flexibility index (Phi) is 4.87. The van der Waals surface area contributed by atoms with Crippen LogP contribution in [-0.4, -0.2) is 11.7 Å². The SMILES string of the molecule is CC(C)(C)c1ccc(C(C)(CO)NCc2cccs2)cc1. The topological polar surface area (TPSA) is 32.3 Å². The third-order valence-electron chi connectivity index (χ3n) is 3.94. The number of aliphatic hydroxyl groups is 1. The number of aliphatic hydroxyl groups excluding tert-OH is 1. The van der Waals surface area contributed by atoms with Gasteiger partial charge in [-0.05, 0) is 34.9 Å². The summed E-state index contributed by atoms with van der Waals surface area (Å²) in [7, 11) is 0. The van der Waals surface area contributed by atoms with Crippen molar-refractivity contribution < 1.29 is 5.11 Å². The lowest BCUT2D eigenvalue weighted by molar-refractivity contribution is 0.174. The Balaban J connectivity index is 2.15. The van der Waals surface area contributed by atoms with Crippen molar-refractivity contribution in [3.63, 3.8) is 0 Å². The number of benzene rings is 1. The minimum absolute atomic E-state index is 0.0766. The molecule has 2 aromatic rings. The van der Waals surface area contributed by atoms with Crippen molar-refractivity contribution in [2.45, 2.75) is 45.2 Å². The van der Waals surface area contributed by atoms with E-state index in [2.05, 4.69) is 67.9 Å². The number of thiophene rings is 1. The van der Waals surface area contributed by atoms with Crippen molar-refractivity contribution in [2.75, 3.05) is 6.61 Å². The third kappa shape index (κ3) is 3.94. The van der Waals surface area contributed by atoms with Crippen molar-refractivity contribution in [2.24, 2.45) is 0 Å². The minimum Gasteiger partial charge on any atom is -0.394 e. The van der Waals surface area contributed by atoms with Crippen LogP contribution in [0.3, 0.4) is 0 Å². The Hall–Kier alpha value is -1.16. The van der Waals surface area contributed by atoms with Gasteiger partial charge in [-0.3, -0.25) is 0 Å². The van der Waals surface area contributed by atoms with E-state index in [-0.39, 0.29) is 12.0 Å². The summed E-state index contributed by atoms with van der Waals surface area (Å²) in [6, 6.07) is 12.7. The van der Waals surface area contributed by atoms with Gasteiger partial charge in [-0.25, -0.2) is 0 Å². The number of hydrogen-bond donors (Lipinski definition) is 2. The molecule has 0 spiro atoms. The summed E-state index contributed by atoms with van der Waals surface area (Å²) < 4.78 is 0. The summed E-state index contributed by atoms with van der Waals surface area (Å²) in [6.45, 7) is 9.53. The first-order chi connectivity index (χ1) is 9.85. The molecule has 0 saturated carbocycles. The van der Waals surface area contributed by atoms with Crippen molar-refractivity contribution >= 4 is 11.3 Å². The lowest BCUT2D eigenvalue weighted by Gasteiger charge is -2.30. The van der Waals surface area contributed by atoms with E-state index in [0.717, 1.165) is 12.1 Å². The zero-order chi connectivity index (χ0) is 15.5. The maximum Gasteiger partial charge on any atom is 0.0652 e. The molecular weight excluding hydrogens is 278 g/mol. The van der Waals surface area contributed by atoms with Crippen molar-refractivity contribution in [1.82, 2.24) is 5.32 Å². The number of rotatable bonds is 5. The molecule has 2 rings (SSSR count). The molecule has 21 heavy (non-hydrogen) atoms. The zero-order valence-corrected chi connectivity index (χ0v) is 14.1. The van der Waals surface area contributed by atoms with E-state index in [1.807, 2.05) is 6.92 Å². The maximum absolute atomic E-state index is 9.84. The van der Waals surface area contributed by atoms with Gasteiger partial charge >= 0.3 is 0 Å². The fourth-order valence-electron chi connectivity index (χ4n) is 2.28. The first-order valence-electron chi connectivity index (χ1n) is 7.34. The quantitative estimate of drug-likeness (QED) is 0.873. The number of hydrogen-bond acceptors (Lipinski definition) is 3. The Morgan fingerprint density at radius 1 is 1.00 bits per heavy atom. The molecule has 1 atom stereocenters. The summed E-state index contributed by atoms with van der Waals surface area (Å²) in [5.41, 5.74) is 2.17. The number of nitrogens with one attached hydrogen (secondary N) is 1. The highest BCUT2D eigenvalue weighted by Crippen LogP contribution is 2.26. The largest absolute Gasteiger partial charge is 0.394 e. The van der Waals surface area contributed by atoms with Gasteiger partial charge in [0.1, 0.15) is 0 Å². The summed E-state index contributed by atoms with van der Waals surface area (Å²) in [4.78, 5) is 1.28. The summed E-state index contributed by atoms with van der Waals surface area (Å²) >= 11 is 1.73.